The fraction of sp³-hybridized carbons (Fsp3) is 0.364. The lowest BCUT2D eigenvalue weighted by Gasteiger charge is -2.38. The Morgan fingerprint density at radius 2 is 1.93 bits per heavy atom. The number of hydrogen-bond acceptors (Lipinski definition) is 4. The van der Waals surface area contributed by atoms with Gasteiger partial charge in [0, 0.05) is 25.7 Å². The minimum Gasteiger partial charge on any atom is -0.481 e. The summed E-state index contributed by atoms with van der Waals surface area (Å²) in [6.45, 7) is 1.19. The predicted octanol–water partition coefficient (Wildman–Crippen LogP) is 2.03. The highest BCUT2D eigenvalue weighted by Crippen LogP contribution is 2.34. The minimum absolute atomic E-state index is 0.0683. The number of rotatable bonds is 5. The summed E-state index contributed by atoms with van der Waals surface area (Å²) in [4.78, 5) is 44.8. The molecule has 1 N–H and O–H groups in total. The molecule has 150 valence electrons. The first kappa shape index (κ1) is 19.1. The largest absolute Gasteiger partial charge is 0.481 e. The SMILES string of the molecule is O=C(O)C[C@@H]1c2ccccc2CCN1C(=O)C1CC(=O)N(Cc2ccccn2)C1. The molecule has 0 aliphatic carbocycles. The first-order valence-electron chi connectivity index (χ1n) is 9.80. The van der Waals surface area contributed by atoms with E-state index in [2.05, 4.69) is 4.98 Å². The molecule has 1 aromatic heterocycles. The van der Waals surface area contributed by atoms with Gasteiger partial charge in [-0.2, -0.15) is 0 Å². The summed E-state index contributed by atoms with van der Waals surface area (Å²) in [5.74, 6) is -1.60. The number of nitrogens with zero attached hydrogens (tertiary/aromatic N) is 3. The van der Waals surface area contributed by atoms with E-state index in [4.69, 9.17) is 0 Å². The summed E-state index contributed by atoms with van der Waals surface area (Å²) in [5, 5.41) is 9.40. The van der Waals surface area contributed by atoms with E-state index >= 15 is 0 Å². The summed E-state index contributed by atoms with van der Waals surface area (Å²) in [6.07, 6.45) is 2.39. The van der Waals surface area contributed by atoms with Gasteiger partial charge in [0.1, 0.15) is 0 Å². The molecule has 29 heavy (non-hydrogen) atoms. The van der Waals surface area contributed by atoms with Crippen molar-refractivity contribution in [3.8, 4) is 0 Å². The average molecular weight is 393 g/mol. The molecule has 1 aromatic carbocycles. The summed E-state index contributed by atoms with van der Waals surface area (Å²) in [5.41, 5.74) is 2.76. The van der Waals surface area contributed by atoms with Crippen molar-refractivity contribution in [2.45, 2.75) is 31.8 Å². The smallest absolute Gasteiger partial charge is 0.305 e. The highest BCUT2D eigenvalue weighted by molar-refractivity contribution is 5.90. The average Bonchev–Trinajstić information content (AvgIpc) is 3.08. The molecule has 2 aliphatic heterocycles. The maximum absolute atomic E-state index is 13.3. The molecule has 0 spiro atoms. The number of benzene rings is 1. The van der Waals surface area contributed by atoms with Gasteiger partial charge in [-0.25, -0.2) is 0 Å². The Hall–Kier alpha value is -3.22. The van der Waals surface area contributed by atoms with Crippen molar-refractivity contribution in [2.75, 3.05) is 13.1 Å². The van der Waals surface area contributed by atoms with E-state index in [1.807, 2.05) is 42.5 Å². The lowest BCUT2D eigenvalue weighted by Crippen LogP contribution is -2.44. The van der Waals surface area contributed by atoms with Crippen LogP contribution in [0.2, 0.25) is 0 Å². The molecular formula is C22H23N3O4. The molecule has 0 saturated carbocycles. The number of amides is 2. The quantitative estimate of drug-likeness (QED) is 0.839. The Morgan fingerprint density at radius 1 is 1.14 bits per heavy atom. The molecule has 2 aliphatic rings. The number of carboxylic acid groups (broad SMARTS) is 1. The number of likely N-dealkylation sites (tertiary alicyclic amines) is 1. The lowest BCUT2D eigenvalue weighted by molar-refractivity contribution is -0.143. The van der Waals surface area contributed by atoms with Crippen LogP contribution in [0.5, 0.6) is 0 Å². The maximum Gasteiger partial charge on any atom is 0.305 e. The number of aliphatic carboxylic acids is 1. The Kier molecular flexibility index (Phi) is 5.29. The Labute approximate surface area is 169 Å². The first-order chi connectivity index (χ1) is 14.0. The Morgan fingerprint density at radius 3 is 2.69 bits per heavy atom. The van der Waals surface area contributed by atoms with Crippen molar-refractivity contribution >= 4 is 17.8 Å². The number of pyridine rings is 1. The van der Waals surface area contributed by atoms with Crippen molar-refractivity contribution in [1.29, 1.82) is 0 Å². The zero-order valence-electron chi connectivity index (χ0n) is 16.0. The van der Waals surface area contributed by atoms with Gasteiger partial charge in [-0.05, 0) is 29.7 Å². The third kappa shape index (κ3) is 3.99. The van der Waals surface area contributed by atoms with Gasteiger partial charge in [0.15, 0.2) is 0 Å². The topological polar surface area (TPSA) is 90.8 Å². The summed E-state index contributed by atoms with van der Waals surface area (Å²) in [7, 11) is 0. The normalized spacial score (nSPS) is 21.2. The van der Waals surface area contributed by atoms with E-state index in [-0.39, 0.29) is 24.7 Å². The lowest BCUT2D eigenvalue weighted by atomic mass is 9.89. The van der Waals surface area contributed by atoms with Crippen LogP contribution in [-0.4, -0.2) is 50.8 Å². The Bertz CT molecular complexity index is 931. The number of fused-ring (bicyclic) bond motifs is 1. The second kappa shape index (κ2) is 8.03. The number of carboxylic acids is 1. The summed E-state index contributed by atoms with van der Waals surface area (Å²) >= 11 is 0. The van der Waals surface area contributed by atoms with Crippen LogP contribution in [0, 0.1) is 5.92 Å². The minimum atomic E-state index is -0.941. The fourth-order valence-electron chi connectivity index (χ4n) is 4.31. The second-order valence-corrected chi connectivity index (χ2v) is 7.59. The number of carbonyl (C=O) groups is 3. The van der Waals surface area contributed by atoms with Crippen LogP contribution in [0.1, 0.15) is 35.7 Å². The molecule has 1 unspecified atom stereocenters. The first-order valence-corrected chi connectivity index (χ1v) is 9.80. The second-order valence-electron chi connectivity index (χ2n) is 7.59. The van der Waals surface area contributed by atoms with Crippen molar-refractivity contribution < 1.29 is 19.5 Å². The van der Waals surface area contributed by atoms with Crippen molar-refractivity contribution in [3.05, 3.63) is 65.5 Å². The van der Waals surface area contributed by atoms with Crippen molar-refractivity contribution in [2.24, 2.45) is 5.92 Å². The van der Waals surface area contributed by atoms with Gasteiger partial charge in [0.05, 0.1) is 30.6 Å². The molecule has 1 saturated heterocycles. The third-order valence-corrected chi connectivity index (χ3v) is 5.71. The van der Waals surface area contributed by atoms with Crippen LogP contribution in [0.15, 0.2) is 48.7 Å². The van der Waals surface area contributed by atoms with Crippen molar-refractivity contribution in [1.82, 2.24) is 14.8 Å². The van der Waals surface area contributed by atoms with Crippen LogP contribution in [0.25, 0.3) is 0 Å². The highest BCUT2D eigenvalue weighted by Gasteiger charge is 2.40. The third-order valence-electron chi connectivity index (χ3n) is 5.71. The molecule has 1 fully saturated rings. The number of hydrogen-bond donors (Lipinski definition) is 1. The van der Waals surface area contributed by atoms with Gasteiger partial charge in [-0.1, -0.05) is 30.3 Å². The van der Waals surface area contributed by atoms with E-state index in [9.17, 15) is 19.5 Å². The molecule has 7 heteroatoms. The van der Waals surface area contributed by atoms with E-state index in [0.717, 1.165) is 16.8 Å². The van der Waals surface area contributed by atoms with Gasteiger partial charge in [-0.3, -0.25) is 19.4 Å². The molecular weight excluding hydrogens is 370 g/mol. The van der Waals surface area contributed by atoms with Gasteiger partial charge in [0.2, 0.25) is 11.8 Å². The molecule has 7 nitrogen and oxygen atoms in total. The predicted molar refractivity (Wildman–Crippen MR) is 105 cm³/mol. The van der Waals surface area contributed by atoms with Crippen LogP contribution < -0.4 is 0 Å². The van der Waals surface area contributed by atoms with Gasteiger partial charge >= 0.3 is 5.97 Å². The molecule has 0 radical (unpaired) electrons. The maximum atomic E-state index is 13.3. The fourth-order valence-corrected chi connectivity index (χ4v) is 4.31. The molecule has 0 bridgehead atoms. The number of carbonyl (C=O) groups excluding carboxylic acids is 2. The van der Waals surface area contributed by atoms with Crippen LogP contribution in [0.4, 0.5) is 0 Å². The molecule has 3 heterocycles. The zero-order chi connectivity index (χ0) is 20.4. The van der Waals surface area contributed by atoms with E-state index in [0.29, 0.717) is 26.1 Å². The van der Waals surface area contributed by atoms with Crippen LogP contribution in [-0.2, 0) is 27.3 Å². The van der Waals surface area contributed by atoms with E-state index < -0.39 is 17.9 Å². The zero-order valence-corrected chi connectivity index (χ0v) is 16.0. The van der Waals surface area contributed by atoms with E-state index in [1.54, 1.807) is 16.0 Å². The molecule has 4 rings (SSSR count). The highest BCUT2D eigenvalue weighted by atomic mass is 16.4. The molecule has 2 amide bonds. The molecule has 2 atom stereocenters. The van der Waals surface area contributed by atoms with Gasteiger partial charge in [-0.15, -0.1) is 0 Å². The molecule has 2 aromatic rings. The van der Waals surface area contributed by atoms with E-state index in [1.165, 1.54) is 0 Å². The van der Waals surface area contributed by atoms with Crippen molar-refractivity contribution in [3.63, 3.8) is 0 Å². The van der Waals surface area contributed by atoms with Gasteiger partial charge in [0.25, 0.3) is 0 Å². The summed E-state index contributed by atoms with van der Waals surface area (Å²) < 4.78 is 0. The summed E-state index contributed by atoms with van der Waals surface area (Å²) in [6, 6.07) is 12.7. The van der Waals surface area contributed by atoms with Gasteiger partial charge < -0.3 is 14.9 Å². The number of aromatic nitrogens is 1. The standard InChI is InChI=1S/C22H23N3O4/c26-20-11-16(13-24(20)14-17-6-3-4-9-23-17)22(29)25-10-8-15-5-1-2-7-18(15)19(25)12-21(27)28/h1-7,9,16,19H,8,10-14H2,(H,27,28)/t16?,19-/m1/s1. The Balaban J connectivity index is 1.51. The van der Waals surface area contributed by atoms with Crippen LogP contribution in [0.3, 0.4) is 0 Å². The van der Waals surface area contributed by atoms with Crippen LogP contribution >= 0.6 is 0 Å². The monoisotopic (exact) mass is 393 g/mol.